The number of carbonyl (C=O) groups is 1. The lowest BCUT2D eigenvalue weighted by atomic mass is 9.97. The van der Waals surface area contributed by atoms with Gasteiger partial charge in [0.2, 0.25) is 11.2 Å². The van der Waals surface area contributed by atoms with Crippen LogP contribution in [-0.4, -0.2) is 5.78 Å². The maximum absolute atomic E-state index is 13.1. The van der Waals surface area contributed by atoms with Crippen molar-refractivity contribution in [2.24, 2.45) is 0 Å². The van der Waals surface area contributed by atoms with Crippen molar-refractivity contribution in [1.29, 1.82) is 0 Å². The molecule has 0 spiro atoms. The molecule has 0 radical (unpaired) electrons. The molecule has 1 heterocycles. The van der Waals surface area contributed by atoms with Crippen LogP contribution < -0.4 is 5.43 Å². The second kappa shape index (κ2) is 6.62. The first-order valence-corrected chi connectivity index (χ1v) is 8.45. The Bertz CT molecular complexity index is 1180. The van der Waals surface area contributed by atoms with Gasteiger partial charge in [0.25, 0.3) is 0 Å². The van der Waals surface area contributed by atoms with Crippen molar-refractivity contribution in [2.75, 3.05) is 0 Å². The Morgan fingerprint density at radius 2 is 1.46 bits per heavy atom. The van der Waals surface area contributed by atoms with Crippen molar-refractivity contribution in [1.82, 2.24) is 0 Å². The molecule has 0 bridgehead atoms. The van der Waals surface area contributed by atoms with Crippen LogP contribution in [0.4, 0.5) is 0 Å². The van der Waals surface area contributed by atoms with Gasteiger partial charge in [-0.3, -0.25) is 9.59 Å². The molecule has 126 valence electrons. The first kappa shape index (κ1) is 16.3. The molecule has 0 saturated heterocycles. The highest BCUT2D eigenvalue weighted by Crippen LogP contribution is 2.32. The van der Waals surface area contributed by atoms with E-state index in [-0.39, 0.29) is 22.5 Å². The number of carbonyl (C=O) groups excluding carboxylic acids is 1. The van der Waals surface area contributed by atoms with Crippen molar-refractivity contribution < 1.29 is 9.21 Å². The molecule has 4 aromatic rings. The molecule has 3 aromatic carbocycles. The van der Waals surface area contributed by atoms with E-state index in [1.807, 2.05) is 6.07 Å². The fourth-order valence-corrected chi connectivity index (χ4v) is 3.14. The molecule has 4 heteroatoms. The maximum Gasteiger partial charge on any atom is 0.204 e. The van der Waals surface area contributed by atoms with Crippen molar-refractivity contribution in [3.63, 3.8) is 0 Å². The van der Waals surface area contributed by atoms with Gasteiger partial charge in [-0.05, 0) is 24.3 Å². The van der Waals surface area contributed by atoms with Gasteiger partial charge in [-0.1, -0.05) is 66.2 Å². The summed E-state index contributed by atoms with van der Waals surface area (Å²) in [5.74, 6) is -0.201. The highest BCUT2D eigenvalue weighted by molar-refractivity contribution is 6.33. The molecule has 0 aliphatic heterocycles. The average molecular weight is 361 g/mol. The molecule has 0 aliphatic rings. The maximum atomic E-state index is 13.1. The summed E-state index contributed by atoms with van der Waals surface area (Å²) in [7, 11) is 0. The van der Waals surface area contributed by atoms with Crippen molar-refractivity contribution >= 4 is 28.4 Å². The number of benzene rings is 3. The minimum Gasteiger partial charge on any atom is -0.455 e. The van der Waals surface area contributed by atoms with Gasteiger partial charge in [-0.25, -0.2) is 0 Å². The Kier molecular flexibility index (Phi) is 4.15. The predicted octanol–water partition coefficient (Wildman–Crippen LogP) is 5.34. The first-order chi connectivity index (χ1) is 12.7. The van der Waals surface area contributed by atoms with Crippen LogP contribution in [0.2, 0.25) is 5.02 Å². The third kappa shape index (κ3) is 2.72. The summed E-state index contributed by atoms with van der Waals surface area (Å²) >= 11 is 6.31. The molecule has 0 saturated carbocycles. The van der Waals surface area contributed by atoms with Crippen LogP contribution in [0.15, 0.2) is 88.1 Å². The Labute approximate surface area is 154 Å². The quantitative estimate of drug-likeness (QED) is 0.463. The van der Waals surface area contributed by atoms with E-state index in [0.29, 0.717) is 27.1 Å². The van der Waals surface area contributed by atoms with Gasteiger partial charge in [-0.15, -0.1) is 0 Å². The highest BCUT2D eigenvalue weighted by atomic mass is 35.5. The van der Waals surface area contributed by atoms with Gasteiger partial charge in [0.1, 0.15) is 11.1 Å². The van der Waals surface area contributed by atoms with Crippen molar-refractivity contribution in [3.05, 3.63) is 105 Å². The molecule has 0 fully saturated rings. The summed E-state index contributed by atoms with van der Waals surface area (Å²) in [5.41, 5.74) is 0.968. The molecular weight excluding hydrogens is 348 g/mol. The fraction of sp³-hybridized carbons (Fsp3) is 0. The van der Waals surface area contributed by atoms with Gasteiger partial charge in [0.05, 0.1) is 10.4 Å². The average Bonchev–Trinajstić information content (AvgIpc) is 2.68. The molecule has 0 amide bonds. The van der Waals surface area contributed by atoms with E-state index in [1.165, 1.54) is 0 Å². The van der Waals surface area contributed by atoms with Crippen LogP contribution in [0.25, 0.3) is 22.3 Å². The van der Waals surface area contributed by atoms with Crippen LogP contribution in [0.5, 0.6) is 0 Å². The van der Waals surface area contributed by atoms with Gasteiger partial charge in [0, 0.05) is 11.1 Å². The number of rotatable bonds is 3. The fourth-order valence-electron chi connectivity index (χ4n) is 2.92. The van der Waals surface area contributed by atoms with Gasteiger partial charge >= 0.3 is 0 Å². The second-order valence-electron chi connectivity index (χ2n) is 5.81. The number of hydrogen-bond donors (Lipinski definition) is 0. The number of para-hydroxylation sites is 1. The standard InChI is InChI=1S/C22H13ClO3/c23-17-12-6-4-10-15(17)22-19(20(24)14-8-2-1-3-9-14)21(25)16-11-5-7-13-18(16)26-22/h1-13H. The summed E-state index contributed by atoms with van der Waals surface area (Å²) in [6, 6.07) is 22.5. The zero-order valence-corrected chi connectivity index (χ0v) is 14.4. The van der Waals surface area contributed by atoms with Gasteiger partial charge < -0.3 is 4.42 Å². The lowest BCUT2D eigenvalue weighted by molar-refractivity contribution is 0.103. The summed E-state index contributed by atoms with van der Waals surface area (Å²) in [4.78, 5) is 26.2. The lowest BCUT2D eigenvalue weighted by Gasteiger charge is -2.11. The van der Waals surface area contributed by atoms with E-state index >= 15 is 0 Å². The zero-order valence-electron chi connectivity index (χ0n) is 13.6. The summed E-state index contributed by atoms with van der Waals surface area (Å²) in [6.07, 6.45) is 0. The number of fused-ring (bicyclic) bond motifs is 1. The summed E-state index contributed by atoms with van der Waals surface area (Å²) < 4.78 is 5.98. The minimum atomic E-state index is -0.389. The van der Waals surface area contributed by atoms with Crippen LogP contribution in [0.3, 0.4) is 0 Å². The molecule has 0 unspecified atom stereocenters. The minimum absolute atomic E-state index is 0.0111. The number of halogens is 1. The second-order valence-corrected chi connectivity index (χ2v) is 6.21. The van der Waals surface area contributed by atoms with Crippen LogP contribution in [0.1, 0.15) is 15.9 Å². The van der Waals surface area contributed by atoms with E-state index in [1.54, 1.807) is 72.8 Å². The Balaban J connectivity index is 2.09. The Morgan fingerprint density at radius 1 is 0.808 bits per heavy atom. The SMILES string of the molecule is O=C(c1ccccc1)c1c(-c2ccccc2Cl)oc2ccccc2c1=O. The van der Waals surface area contributed by atoms with E-state index in [0.717, 1.165) is 0 Å². The van der Waals surface area contributed by atoms with Crippen LogP contribution in [-0.2, 0) is 0 Å². The van der Waals surface area contributed by atoms with E-state index in [4.69, 9.17) is 16.0 Å². The monoisotopic (exact) mass is 360 g/mol. The van der Waals surface area contributed by atoms with Crippen molar-refractivity contribution in [3.8, 4) is 11.3 Å². The smallest absolute Gasteiger partial charge is 0.204 e. The molecule has 0 N–H and O–H groups in total. The topological polar surface area (TPSA) is 47.3 Å². The number of hydrogen-bond acceptors (Lipinski definition) is 3. The Hall–Kier alpha value is -3.17. The molecule has 1 aromatic heterocycles. The zero-order chi connectivity index (χ0) is 18.1. The van der Waals surface area contributed by atoms with E-state index in [9.17, 15) is 9.59 Å². The molecule has 26 heavy (non-hydrogen) atoms. The Morgan fingerprint density at radius 3 is 2.23 bits per heavy atom. The molecular formula is C22H13ClO3. The van der Waals surface area contributed by atoms with Gasteiger partial charge in [0.15, 0.2) is 5.76 Å². The van der Waals surface area contributed by atoms with E-state index < -0.39 is 0 Å². The molecule has 4 rings (SSSR count). The normalized spacial score (nSPS) is 10.8. The highest BCUT2D eigenvalue weighted by Gasteiger charge is 2.24. The number of ketones is 1. The van der Waals surface area contributed by atoms with Crippen LogP contribution in [0, 0.1) is 0 Å². The van der Waals surface area contributed by atoms with Crippen molar-refractivity contribution in [2.45, 2.75) is 0 Å². The molecule has 0 atom stereocenters. The first-order valence-electron chi connectivity index (χ1n) is 8.07. The largest absolute Gasteiger partial charge is 0.455 e. The van der Waals surface area contributed by atoms with Gasteiger partial charge in [-0.2, -0.15) is 0 Å². The predicted molar refractivity (Wildman–Crippen MR) is 103 cm³/mol. The summed E-state index contributed by atoms with van der Waals surface area (Å²) in [6.45, 7) is 0. The molecule has 3 nitrogen and oxygen atoms in total. The molecule has 0 aliphatic carbocycles. The third-order valence-electron chi connectivity index (χ3n) is 4.18. The third-order valence-corrected chi connectivity index (χ3v) is 4.51. The summed E-state index contributed by atoms with van der Waals surface area (Å²) in [5, 5.41) is 0.774. The lowest BCUT2D eigenvalue weighted by Crippen LogP contribution is -2.18. The van der Waals surface area contributed by atoms with E-state index in [2.05, 4.69) is 0 Å². The van der Waals surface area contributed by atoms with Crippen LogP contribution >= 0.6 is 11.6 Å².